The smallest absolute Gasteiger partial charge is 0.416 e. The van der Waals surface area contributed by atoms with Crippen LogP contribution in [-0.4, -0.2) is 35.8 Å². The molecule has 1 aromatic heterocycles. The van der Waals surface area contributed by atoms with Crippen LogP contribution in [0.2, 0.25) is 0 Å². The quantitative estimate of drug-likeness (QED) is 0.704. The fraction of sp³-hybridized carbons (Fsp3) is 0.682. The van der Waals surface area contributed by atoms with Crippen LogP contribution in [0, 0.1) is 11.8 Å². The third-order valence-electron chi connectivity index (χ3n) is 5.30. The van der Waals surface area contributed by atoms with Crippen molar-refractivity contribution >= 4 is 17.9 Å². The maximum absolute atomic E-state index is 12.6. The largest absolute Gasteiger partial charge is 0.466 e. The number of carbonyl (C=O) groups excluding carboxylic acids is 2. The summed E-state index contributed by atoms with van der Waals surface area (Å²) >= 11 is 0. The van der Waals surface area contributed by atoms with E-state index in [9.17, 15) is 9.59 Å². The van der Waals surface area contributed by atoms with Gasteiger partial charge in [-0.05, 0) is 83.3 Å². The molecule has 3 rings (SSSR count). The van der Waals surface area contributed by atoms with E-state index >= 15 is 0 Å². The summed E-state index contributed by atoms with van der Waals surface area (Å²) in [5.41, 5.74) is 1.59. The Morgan fingerprint density at radius 1 is 1.21 bits per heavy atom. The lowest BCUT2D eigenvalue weighted by Gasteiger charge is -2.35. The predicted octanol–water partition coefficient (Wildman–Crippen LogP) is 4.29. The van der Waals surface area contributed by atoms with Crippen LogP contribution in [0.3, 0.4) is 0 Å². The van der Waals surface area contributed by atoms with Crippen molar-refractivity contribution in [2.45, 2.75) is 71.8 Å². The van der Waals surface area contributed by atoms with Gasteiger partial charge in [-0.3, -0.25) is 9.69 Å². The van der Waals surface area contributed by atoms with Gasteiger partial charge in [0.15, 0.2) is 0 Å². The average molecular weight is 389 g/mol. The van der Waals surface area contributed by atoms with E-state index in [-0.39, 0.29) is 12.1 Å². The number of fused-ring (bicyclic) bond motifs is 1. The van der Waals surface area contributed by atoms with Gasteiger partial charge in [-0.15, -0.1) is 0 Å². The number of anilines is 1. The summed E-state index contributed by atoms with van der Waals surface area (Å²) in [7, 11) is 0. The van der Waals surface area contributed by atoms with Gasteiger partial charge in [0.05, 0.1) is 6.61 Å². The number of aryl methyl sites for hydroxylation is 1. The Kier molecular flexibility index (Phi) is 6.26. The van der Waals surface area contributed by atoms with E-state index < -0.39 is 5.60 Å². The van der Waals surface area contributed by atoms with Gasteiger partial charge in [0.1, 0.15) is 11.4 Å². The number of nitrogens with zero attached hydrogens (tertiary/aromatic N) is 2. The highest BCUT2D eigenvalue weighted by molar-refractivity contribution is 5.88. The van der Waals surface area contributed by atoms with Gasteiger partial charge >= 0.3 is 12.1 Å². The van der Waals surface area contributed by atoms with Crippen molar-refractivity contribution < 1.29 is 19.1 Å². The summed E-state index contributed by atoms with van der Waals surface area (Å²) in [4.78, 5) is 30.7. The van der Waals surface area contributed by atoms with E-state index in [1.165, 1.54) is 0 Å². The number of hydrogen-bond acceptors (Lipinski definition) is 5. The average Bonchev–Trinajstić information content (AvgIpc) is 2.58. The van der Waals surface area contributed by atoms with Crippen LogP contribution in [-0.2, 0) is 27.1 Å². The summed E-state index contributed by atoms with van der Waals surface area (Å²) in [6, 6.07) is 4.18. The number of pyridine rings is 1. The van der Waals surface area contributed by atoms with Gasteiger partial charge in [0, 0.05) is 18.7 Å². The van der Waals surface area contributed by atoms with Crippen molar-refractivity contribution in [1.29, 1.82) is 0 Å². The van der Waals surface area contributed by atoms with E-state index in [1.807, 2.05) is 27.7 Å². The monoisotopic (exact) mass is 388 g/mol. The number of ether oxygens (including phenoxy) is 2. The molecule has 1 fully saturated rings. The maximum Gasteiger partial charge on any atom is 0.416 e. The standard InChI is InChI=1S/C22H32N2O4/c1-5-27-19(25)14-16-11-15(12-16)13-18-9-8-17-7-6-10-24(20(17)23-18)21(26)28-22(2,3)4/h8-9,15-16H,5-7,10-14H2,1-4H3. The summed E-state index contributed by atoms with van der Waals surface area (Å²) < 4.78 is 10.6. The lowest BCUT2D eigenvalue weighted by Crippen LogP contribution is -2.40. The Hall–Kier alpha value is -2.11. The van der Waals surface area contributed by atoms with Crippen LogP contribution >= 0.6 is 0 Å². The third-order valence-corrected chi connectivity index (χ3v) is 5.30. The highest BCUT2D eigenvalue weighted by Gasteiger charge is 2.32. The minimum atomic E-state index is -0.522. The molecular weight excluding hydrogens is 356 g/mol. The molecule has 2 heterocycles. The van der Waals surface area contributed by atoms with Gasteiger partial charge in [-0.25, -0.2) is 9.78 Å². The number of rotatable bonds is 5. The summed E-state index contributed by atoms with van der Waals surface area (Å²) in [5.74, 6) is 1.63. The molecule has 1 aromatic rings. The Labute approximate surface area is 167 Å². The first-order valence-corrected chi connectivity index (χ1v) is 10.4. The fourth-order valence-electron chi connectivity index (χ4n) is 4.05. The summed E-state index contributed by atoms with van der Waals surface area (Å²) in [6.07, 6.45) is 5.01. The first-order chi connectivity index (χ1) is 13.2. The third kappa shape index (κ3) is 5.24. The van der Waals surface area contributed by atoms with Gasteiger partial charge < -0.3 is 9.47 Å². The van der Waals surface area contributed by atoms with Crippen molar-refractivity contribution in [3.05, 3.63) is 23.4 Å². The number of carbonyl (C=O) groups is 2. The van der Waals surface area contributed by atoms with Gasteiger partial charge in [0.2, 0.25) is 0 Å². The highest BCUT2D eigenvalue weighted by atomic mass is 16.6. The lowest BCUT2D eigenvalue weighted by atomic mass is 9.71. The SMILES string of the molecule is CCOC(=O)CC1CC(Cc2ccc3c(n2)N(C(=O)OC(C)(C)C)CCC3)C1. The van der Waals surface area contributed by atoms with Crippen molar-refractivity contribution in [3.63, 3.8) is 0 Å². The molecule has 0 bridgehead atoms. The molecule has 1 aliphatic heterocycles. The molecule has 28 heavy (non-hydrogen) atoms. The first-order valence-electron chi connectivity index (χ1n) is 10.4. The Balaban J connectivity index is 1.61. The maximum atomic E-state index is 12.6. The van der Waals surface area contributed by atoms with Crippen LogP contribution in [0.25, 0.3) is 0 Å². The molecule has 2 aliphatic rings. The molecule has 0 saturated heterocycles. The van der Waals surface area contributed by atoms with E-state index in [2.05, 4.69) is 12.1 Å². The Bertz CT molecular complexity index is 720. The minimum absolute atomic E-state index is 0.0918. The van der Waals surface area contributed by atoms with Crippen LogP contribution in [0.5, 0.6) is 0 Å². The van der Waals surface area contributed by atoms with Crippen LogP contribution < -0.4 is 4.90 Å². The molecule has 0 unspecified atom stereocenters. The highest BCUT2D eigenvalue weighted by Crippen LogP contribution is 2.38. The van der Waals surface area contributed by atoms with Crippen molar-refractivity contribution in [3.8, 4) is 0 Å². The molecule has 0 radical (unpaired) electrons. The first kappa shape index (κ1) is 20.6. The molecule has 0 N–H and O–H groups in total. The zero-order chi connectivity index (χ0) is 20.3. The van der Waals surface area contributed by atoms with Crippen molar-refractivity contribution in [2.24, 2.45) is 11.8 Å². The second-order valence-electron chi connectivity index (χ2n) is 8.94. The zero-order valence-corrected chi connectivity index (χ0v) is 17.5. The zero-order valence-electron chi connectivity index (χ0n) is 17.5. The van der Waals surface area contributed by atoms with E-state index in [0.29, 0.717) is 31.4 Å². The molecule has 6 heteroatoms. The molecule has 0 atom stereocenters. The van der Waals surface area contributed by atoms with E-state index in [1.54, 1.807) is 4.90 Å². The molecule has 6 nitrogen and oxygen atoms in total. The predicted molar refractivity (Wildman–Crippen MR) is 107 cm³/mol. The molecule has 154 valence electrons. The van der Waals surface area contributed by atoms with Gasteiger partial charge in [-0.2, -0.15) is 0 Å². The molecule has 1 saturated carbocycles. The normalized spacial score (nSPS) is 21.5. The van der Waals surface area contributed by atoms with E-state index in [0.717, 1.165) is 49.2 Å². The van der Waals surface area contributed by atoms with Crippen molar-refractivity contribution in [2.75, 3.05) is 18.1 Å². The molecular formula is C22H32N2O4. The summed E-state index contributed by atoms with van der Waals surface area (Å²) in [6.45, 7) is 8.56. The Morgan fingerprint density at radius 3 is 2.64 bits per heavy atom. The van der Waals surface area contributed by atoms with Crippen LogP contribution in [0.1, 0.15) is 64.6 Å². The second-order valence-corrected chi connectivity index (χ2v) is 8.94. The summed E-state index contributed by atoms with van der Waals surface area (Å²) in [5, 5.41) is 0. The number of aromatic nitrogens is 1. The number of hydrogen-bond donors (Lipinski definition) is 0. The molecule has 1 aliphatic carbocycles. The topological polar surface area (TPSA) is 68.7 Å². The van der Waals surface area contributed by atoms with Crippen LogP contribution in [0.15, 0.2) is 12.1 Å². The number of amides is 1. The van der Waals surface area contributed by atoms with Gasteiger partial charge in [-0.1, -0.05) is 6.07 Å². The molecule has 0 spiro atoms. The second kappa shape index (κ2) is 8.50. The molecule has 0 aromatic carbocycles. The van der Waals surface area contributed by atoms with Crippen LogP contribution in [0.4, 0.5) is 10.6 Å². The van der Waals surface area contributed by atoms with E-state index in [4.69, 9.17) is 14.5 Å². The minimum Gasteiger partial charge on any atom is -0.466 e. The van der Waals surface area contributed by atoms with Gasteiger partial charge in [0.25, 0.3) is 0 Å². The molecule has 1 amide bonds. The van der Waals surface area contributed by atoms with Crippen molar-refractivity contribution in [1.82, 2.24) is 4.98 Å². The fourth-order valence-corrected chi connectivity index (χ4v) is 4.05. The Morgan fingerprint density at radius 2 is 1.96 bits per heavy atom. The number of esters is 1. The lowest BCUT2D eigenvalue weighted by molar-refractivity contribution is -0.145.